The molecule has 0 fully saturated rings. The largest absolute Gasteiger partial charge is 0.480 e. The molecule has 1 atom stereocenters. The molecule has 1 unspecified atom stereocenters. The average Bonchev–Trinajstić information content (AvgIpc) is 2.71. The molecule has 3 rings (SSSR count). The lowest BCUT2D eigenvalue weighted by atomic mass is 10.1. The smallest absolute Gasteiger partial charge is 0.337 e. The Balaban J connectivity index is 2.02. The Bertz CT molecular complexity index is 1130. The van der Waals surface area contributed by atoms with Gasteiger partial charge < -0.3 is 20.8 Å². The minimum atomic E-state index is -1.16. The van der Waals surface area contributed by atoms with E-state index in [1.165, 1.54) is 49.8 Å². The molecule has 11 heteroatoms. The van der Waals surface area contributed by atoms with Crippen molar-refractivity contribution in [1.29, 1.82) is 0 Å². The van der Waals surface area contributed by atoms with E-state index in [1.807, 2.05) is 0 Å². The number of aliphatic carboxylic acids is 1. The van der Waals surface area contributed by atoms with Crippen LogP contribution in [0.3, 0.4) is 0 Å². The van der Waals surface area contributed by atoms with Crippen LogP contribution in [0, 0.1) is 5.82 Å². The van der Waals surface area contributed by atoms with Crippen LogP contribution < -0.4 is 10.6 Å². The van der Waals surface area contributed by atoms with Crippen LogP contribution in [0.25, 0.3) is 11.1 Å². The number of rotatable bonds is 7. The Morgan fingerprint density at radius 2 is 1.93 bits per heavy atom. The van der Waals surface area contributed by atoms with Crippen molar-refractivity contribution in [2.75, 3.05) is 10.6 Å². The first-order valence-corrected chi connectivity index (χ1v) is 8.89. The average molecular weight is 432 g/mol. The van der Waals surface area contributed by atoms with Crippen molar-refractivity contribution in [3.8, 4) is 11.1 Å². The third-order valence-electron chi connectivity index (χ3n) is 3.98. The van der Waals surface area contributed by atoms with Gasteiger partial charge >= 0.3 is 11.9 Å². The van der Waals surface area contributed by atoms with Crippen LogP contribution in [0.2, 0.25) is 5.02 Å². The summed E-state index contributed by atoms with van der Waals surface area (Å²) >= 11 is 5.77. The molecule has 3 aromatic rings. The molecule has 0 bridgehead atoms. The van der Waals surface area contributed by atoms with Gasteiger partial charge in [0, 0.05) is 35.4 Å². The Morgan fingerprint density at radius 3 is 2.60 bits per heavy atom. The molecule has 9 nitrogen and oxygen atoms in total. The normalized spacial score (nSPS) is 11.6. The van der Waals surface area contributed by atoms with E-state index in [1.54, 1.807) is 0 Å². The highest BCUT2D eigenvalue weighted by Crippen LogP contribution is 2.29. The van der Waals surface area contributed by atoms with Gasteiger partial charge in [-0.3, -0.25) is 9.78 Å². The molecule has 0 spiro atoms. The van der Waals surface area contributed by atoms with Crippen LogP contribution in [-0.4, -0.2) is 43.1 Å². The fraction of sp³-hybridized carbons (Fsp3) is 0.105. The van der Waals surface area contributed by atoms with Gasteiger partial charge in [-0.05, 0) is 31.2 Å². The number of anilines is 3. The van der Waals surface area contributed by atoms with Crippen molar-refractivity contribution in [3.63, 3.8) is 0 Å². The Kier molecular flexibility index (Phi) is 6.07. The van der Waals surface area contributed by atoms with E-state index in [-0.39, 0.29) is 22.4 Å². The van der Waals surface area contributed by atoms with Gasteiger partial charge in [0.1, 0.15) is 17.7 Å². The summed E-state index contributed by atoms with van der Waals surface area (Å²) in [6.45, 7) is 1.42. The van der Waals surface area contributed by atoms with E-state index < -0.39 is 23.8 Å². The van der Waals surface area contributed by atoms with Gasteiger partial charge in [0.2, 0.25) is 5.95 Å². The second-order valence-electron chi connectivity index (χ2n) is 6.18. The standard InChI is InChI=1S/C19H15ClFN5O4/c1-9(17(27)28)24-16-13(10-4-11(18(29)30)7-22-6-10)8-23-19(26-16)25-12-2-3-15(21)14(20)5-12/h2-9H,1H3,(H,27,28)(H,29,30)(H2,23,24,25,26). The predicted octanol–water partition coefficient (Wildman–Crippen LogP) is 3.66. The lowest BCUT2D eigenvalue weighted by Gasteiger charge is -2.15. The van der Waals surface area contributed by atoms with Crippen LogP contribution in [0.4, 0.5) is 21.8 Å². The second-order valence-corrected chi connectivity index (χ2v) is 6.59. The summed E-state index contributed by atoms with van der Waals surface area (Å²) in [5.41, 5.74) is 1.10. The van der Waals surface area contributed by atoms with Crippen LogP contribution in [0.5, 0.6) is 0 Å². The fourth-order valence-electron chi connectivity index (χ4n) is 2.44. The first-order chi connectivity index (χ1) is 14.2. The maximum atomic E-state index is 13.3. The quantitative estimate of drug-likeness (QED) is 0.441. The number of carboxylic acid groups (broad SMARTS) is 2. The molecular formula is C19H15ClFN5O4. The summed E-state index contributed by atoms with van der Waals surface area (Å²) in [4.78, 5) is 34.9. The van der Waals surface area contributed by atoms with Crippen LogP contribution in [0.1, 0.15) is 17.3 Å². The molecule has 154 valence electrons. The van der Waals surface area contributed by atoms with E-state index in [4.69, 9.17) is 11.6 Å². The Morgan fingerprint density at radius 1 is 1.17 bits per heavy atom. The monoisotopic (exact) mass is 431 g/mol. The highest BCUT2D eigenvalue weighted by molar-refractivity contribution is 6.31. The Hall–Kier alpha value is -3.79. The van der Waals surface area contributed by atoms with Gasteiger partial charge in [-0.15, -0.1) is 0 Å². The summed E-state index contributed by atoms with van der Waals surface area (Å²) in [6, 6.07) is 4.33. The zero-order valence-electron chi connectivity index (χ0n) is 15.4. The molecule has 0 saturated carbocycles. The number of benzene rings is 1. The molecule has 0 aliphatic carbocycles. The zero-order valence-corrected chi connectivity index (χ0v) is 16.2. The molecule has 0 amide bonds. The molecule has 0 radical (unpaired) electrons. The number of hydrogen-bond acceptors (Lipinski definition) is 7. The van der Waals surface area contributed by atoms with Crippen molar-refractivity contribution in [1.82, 2.24) is 15.0 Å². The van der Waals surface area contributed by atoms with E-state index in [2.05, 4.69) is 25.6 Å². The summed E-state index contributed by atoms with van der Waals surface area (Å²) in [5, 5.41) is 23.9. The van der Waals surface area contributed by atoms with Crippen molar-refractivity contribution in [2.45, 2.75) is 13.0 Å². The van der Waals surface area contributed by atoms with Crippen molar-refractivity contribution < 1.29 is 24.2 Å². The van der Waals surface area contributed by atoms with Gasteiger partial charge in [0.25, 0.3) is 0 Å². The summed E-state index contributed by atoms with van der Waals surface area (Å²) in [5.74, 6) is -2.63. The number of aromatic carboxylic acids is 1. The number of nitrogens with one attached hydrogen (secondary N) is 2. The van der Waals surface area contributed by atoms with Gasteiger partial charge in [0.05, 0.1) is 10.6 Å². The number of halogens is 2. The van der Waals surface area contributed by atoms with Gasteiger partial charge in [-0.2, -0.15) is 4.98 Å². The van der Waals surface area contributed by atoms with E-state index in [0.717, 1.165) is 0 Å². The lowest BCUT2D eigenvalue weighted by Crippen LogP contribution is -2.26. The van der Waals surface area contributed by atoms with Crippen molar-refractivity contribution in [2.24, 2.45) is 0 Å². The molecule has 30 heavy (non-hydrogen) atoms. The van der Waals surface area contributed by atoms with Gasteiger partial charge in [-0.25, -0.2) is 14.2 Å². The molecule has 0 aliphatic rings. The highest BCUT2D eigenvalue weighted by Gasteiger charge is 2.17. The molecule has 2 aromatic heterocycles. The minimum absolute atomic E-state index is 0.0483. The number of hydrogen-bond donors (Lipinski definition) is 4. The predicted molar refractivity (Wildman–Crippen MR) is 108 cm³/mol. The molecular weight excluding hydrogens is 417 g/mol. The molecule has 0 aliphatic heterocycles. The Labute approximate surface area is 174 Å². The van der Waals surface area contributed by atoms with E-state index in [0.29, 0.717) is 16.8 Å². The van der Waals surface area contributed by atoms with Crippen molar-refractivity contribution >= 4 is 41.0 Å². The summed E-state index contributed by atoms with van der Waals surface area (Å²) in [6.07, 6.45) is 3.99. The van der Waals surface area contributed by atoms with Crippen LogP contribution >= 0.6 is 11.6 Å². The van der Waals surface area contributed by atoms with E-state index in [9.17, 15) is 24.2 Å². The zero-order chi connectivity index (χ0) is 21.8. The van der Waals surface area contributed by atoms with Crippen molar-refractivity contribution in [3.05, 3.63) is 59.3 Å². The maximum Gasteiger partial charge on any atom is 0.337 e. The third-order valence-corrected chi connectivity index (χ3v) is 4.27. The first-order valence-electron chi connectivity index (χ1n) is 8.51. The molecule has 0 saturated heterocycles. The van der Waals surface area contributed by atoms with Crippen LogP contribution in [-0.2, 0) is 4.79 Å². The van der Waals surface area contributed by atoms with Gasteiger partial charge in [0.15, 0.2) is 0 Å². The second kappa shape index (κ2) is 8.70. The fourth-order valence-corrected chi connectivity index (χ4v) is 2.62. The minimum Gasteiger partial charge on any atom is -0.480 e. The highest BCUT2D eigenvalue weighted by atomic mass is 35.5. The number of carbonyl (C=O) groups is 2. The topological polar surface area (TPSA) is 137 Å². The molecule has 2 heterocycles. The maximum absolute atomic E-state index is 13.3. The number of nitrogens with zero attached hydrogens (tertiary/aromatic N) is 3. The summed E-state index contributed by atoms with van der Waals surface area (Å²) < 4.78 is 13.3. The number of carboxylic acids is 2. The number of aromatic nitrogens is 3. The summed E-state index contributed by atoms with van der Waals surface area (Å²) in [7, 11) is 0. The molecule has 1 aromatic carbocycles. The van der Waals surface area contributed by atoms with Crippen LogP contribution in [0.15, 0.2) is 42.9 Å². The van der Waals surface area contributed by atoms with E-state index >= 15 is 0 Å². The number of pyridine rings is 1. The third kappa shape index (κ3) is 4.78. The molecule has 4 N–H and O–H groups in total. The lowest BCUT2D eigenvalue weighted by molar-refractivity contribution is -0.137. The van der Waals surface area contributed by atoms with Gasteiger partial charge in [-0.1, -0.05) is 11.6 Å². The first kappa shape index (κ1) is 20.9. The SMILES string of the molecule is CC(Nc1nc(Nc2ccc(F)c(Cl)c2)ncc1-c1cncc(C(=O)O)c1)C(=O)O.